The number of hydrogen-bond donors (Lipinski definition) is 1. The number of aromatic nitrogens is 3. The van der Waals surface area contributed by atoms with Gasteiger partial charge in [0.25, 0.3) is 0 Å². The lowest BCUT2D eigenvalue weighted by Crippen LogP contribution is -2.37. The summed E-state index contributed by atoms with van der Waals surface area (Å²) in [5, 5.41) is 20.3. The first kappa shape index (κ1) is 17.1. The van der Waals surface area contributed by atoms with E-state index in [2.05, 4.69) is 65.8 Å². The van der Waals surface area contributed by atoms with Gasteiger partial charge >= 0.3 is 0 Å². The highest BCUT2D eigenvalue weighted by molar-refractivity contribution is 5.74. The van der Waals surface area contributed by atoms with Crippen LogP contribution in [0.2, 0.25) is 0 Å². The van der Waals surface area contributed by atoms with E-state index in [0.29, 0.717) is 6.42 Å². The monoisotopic (exact) mass is 369 g/mol. The Hall–Kier alpha value is -2.98. The number of aryl methyl sites for hydroxylation is 1. The molecule has 0 radical (unpaired) electrons. The number of fused-ring (bicyclic) bond motifs is 2. The van der Waals surface area contributed by atoms with Gasteiger partial charge in [0, 0.05) is 5.92 Å². The minimum Gasteiger partial charge on any atom is -0.385 e. The molecule has 5 rings (SSSR count). The molecule has 0 amide bonds. The van der Waals surface area contributed by atoms with Crippen LogP contribution in [-0.4, -0.2) is 20.1 Å². The molecule has 1 heterocycles. The second kappa shape index (κ2) is 6.28. The third-order valence-electron chi connectivity index (χ3n) is 5.97. The van der Waals surface area contributed by atoms with Crippen LogP contribution in [0.3, 0.4) is 0 Å². The van der Waals surface area contributed by atoms with Gasteiger partial charge in [0.15, 0.2) is 0 Å². The zero-order chi connectivity index (χ0) is 19.3. The highest BCUT2D eigenvalue weighted by Gasteiger charge is 2.43. The SMILES string of the molecule is Cc1ccc2c(c1)C(C)(O)CC(c1ccccc1)C2n1nnc2ccccc21. The van der Waals surface area contributed by atoms with Crippen LogP contribution in [-0.2, 0) is 5.60 Å². The Labute approximate surface area is 164 Å². The molecule has 0 fully saturated rings. The van der Waals surface area contributed by atoms with E-state index >= 15 is 0 Å². The Morgan fingerprint density at radius 2 is 1.75 bits per heavy atom. The molecule has 0 bridgehead atoms. The van der Waals surface area contributed by atoms with Gasteiger partial charge in [-0.05, 0) is 49.1 Å². The summed E-state index contributed by atoms with van der Waals surface area (Å²) in [6.07, 6.45) is 0.631. The third-order valence-corrected chi connectivity index (χ3v) is 5.97. The summed E-state index contributed by atoms with van der Waals surface area (Å²) in [5.41, 5.74) is 5.48. The van der Waals surface area contributed by atoms with Gasteiger partial charge in [-0.2, -0.15) is 0 Å². The molecule has 1 aliphatic carbocycles. The molecule has 3 atom stereocenters. The van der Waals surface area contributed by atoms with Crippen molar-refractivity contribution < 1.29 is 5.11 Å². The van der Waals surface area contributed by atoms with Crippen LogP contribution in [0.1, 0.15) is 47.6 Å². The number of hydrogen-bond acceptors (Lipinski definition) is 3. The van der Waals surface area contributed by atoms with E-state index in [1.807, 2.05) is 35.9 Å². The van der Waals surface area contributed by atoms with Crippen LogP contribution in [0.4, 0.5) is 0 Å². The first-order chi connectivity index (χ1) is 13.5. The van der Waals surface area contributed by atoms with E-state index < -0.39 is 5.60 Å². The second-order valence-electron chi connectivity index (χ2n) is 8.05. The number of aliphatic hydroxyl groups is 1. The van der Waals surface area contributed by atoms with Gasteiger partial charge < -0.3 is 5.11 Å². The molecule has 1 aliphatic rings. The molecule has 0 saturated heterocycles. The summed E-state index contributed by atoms with van der Waals surface area (Å²) in [6.45, 7) is 4.00. The normalized spacial score (nSPS) is 24.2. The third kappa shape index (κ3) is 2.64. The van der Waals surface area contributed by atoms with Crippen molar-refractivity contribution in [1.82, 2.24) is 15.0 Å². The van der Waals surface area contributed by atoms with Crippen molar-refractivity contribution in [3.63, 3.8) is 0 Å². The maximum atomic E-state index is 11.4. The number of para-hydroxylation sites is 1. The first-order valence-corrected chi connectivity index (χ1v) is 9.73. The zero-order valence-corrected chi connectivity index (χ0v) is 16.1. The topological polar surface area (TPSA) is 50.9 Å². The number of rotatable bonds is 2. The maximum absolute atomic E-state index is 11.4. The van der Waals surface area contributed by atoms with Crippen molar-refractivity contribution in [2.75, 3.05) is 0 Å². The second-order valence-corrected chi connectivity index (χ2v) is 8.05. The van der Waals surface area contributed by atoms with Crippen molar-refractivity contribution in [2.24, 2.45) is 0 Å². The van der Waals surface area contributed by atoms with E-state index in [9.17, 15) is 5.11 Å². The van der Waals surface area contributed by atoms with Crippen molar-refractivity contribution in [3.8, 4) is 0 Å². The molecule has 1 N–H and O–H groups in total. The predicted molar refractivity (Wildman–Crippen MR) is 110 cm³/mol. The summed E-state index contributed by atoms with van der Waals surface area (Å²) in [6, 6.07) is 24.9. The minimum absolute atomic E-state index is 0.0226. The Morgan fingerprint density at radius 1 is 1.00 bits per heavy atom. The summed E-state index contributed by atoms with van der Waals surface area (Å²) in [5.74, 6) is 0.0940. The molecular formula is C24H23N3O. The van der Waals surface area contributed by atoms with Gasteiger partial charge in [0.1, 0.15) is 5.52 Å². The molecule has 1 aromatic heterocycles. The Morgan fingerprint density at radius 3 is 2.57 bits per heavy atom. The fraction of sp³-hybridized carbons (Fsp3) is 0.250. The minimum atomic E-state index is -0.894. The fourth-order valence-electron chi connectivity index (χ4n) is 4.66. The average molecular weight is 369 g/mol. The van der Waals surface area contributed by atoms with Gasteiger partial charge in [-0.25, -0.2) is 4.68 Å². The van der Waals surface area contributed by atoms with Crippen molar-refractivity contribution in [1.29, 1.82) is 0 Å². The molecule has 3 aromatic carbocycles. The van der Waals surface area contributed by atoms with Gasteiger partial charge in [0.05, 0.1) is 17.2 Å². The molecule has 0 aliphatic heterocycles. The van der Waals surface area contributed by atoms with E-state index in [1.54, 1.807) is 0 Å². The molecule has 4 nitrogen and oxygen atoms in total. The lowest BCUT2D eigenvalue weighted by molar-refractivity contribution is 0.0237. The molecule has 0 saturated carbocycles. The van der Waals surface area contributed by atoms with Crippen molar-refractivity contribution >= 4 is 11.0 Å². The van der Waals surface area contributed by atoms with Crippen LogP contribution in [0, 0.1) is 6.92 Å². The van der Waals surface area contributed by atoms with E-state index in [0.717, 1.165) is 27.7 Å². The highest BCUT2D eigenvalue weighted by Crippen LogP contribution is 2.50. The highest BCUT2D eigenvalue weighted by atomic mass is 16.3. The number of benzene rings is 3. The summed E-state index contributed by atoms with van der Waals surface area (Å²) in [4.78, 5) is 0. The summed E-state index contributed by atoms with van der Waals surface area (Å²) in [7, 11) is 0. The van der Waals surface area contributed by atoms with Crippen molar-refractivity contribution in [2.45, 2.75) is 37.8 Å². The predicted octanol–water partition coefficient (Wildman–Crippen LogP) is 4.72. The molecule has 140 valence electrons. The Bertz CT molecular complexity index is 1150. The maximum Gasteiger partial charge on any atom is 0.113 e. The molecule has 28 heavy (non-hydrogen) atoms. The summed E-state index contributed by atoms with van der Waals surface area (Å²) >= 11 is 0. The quantitative estimate of drug-likeness (QED) is 0.556. The molecule has 3 unspecified atom stereocenters. The van der Waals surface area contributed by atoms with E-state index in [4.69, 9.17) is 0 Å². The van der Waals surface area contributed by atoms with Gasteiger partial charge in [0.2, 0.25) is 0 Å². The van der Waals surface area contributed by atoms with Crippen LogP contribution < -0.4 is 0 Å². The van der Waals surface area contributed by atoms with Gasteiger partial charge in [-0.3, -0.25) is 0 Å². The molecule has 4 heteroatoms. The van der Waals surface area contributed by atoms with E-state index in [-0.39, 0.29) is 12.0 Å². The van der Waals surface area contributed by atoms with Crippen molar-refractivity contribution in [3.05, 3.63) is 95.1 Å². The standard InChI is InChI=1S/C24H23N3O/c1-16-12-13-18-20(14-16)24(2,28)15-19(17-8-4-3-5-9-17)23(18)27-22-11-7-6-10-21(22)25-26-27/h3-14,19,23,28H,15H2,1-2H3. The Balaban J connectivity index is 1.79. The van der Waals surface area contributed by atoms with Gasteiger partial charge in [-0.15, -0.1) is 5.10 Å². The average Bonchev–Trinajstić information content (AvgIpc) is 3.12. The van der Waals surface area contributed by atoms with Gasteiger partial charge in [-0.1, -0.05) is 71.4 Å². The molecular weight excluding hydrogens is 346 g/mol. The lowest BCUT2D eigenvalue weighted by atomic mass is 9.69. The number of nitrogens with zero attached hydrogens (tertiary/aromatic N) is 3. The van der Waals surface area contributed by atoms with E-state index in [1.165, 1.54) is 5.56 Å². The lowest BCUT2D eigenvalue weighted by Gasteiger charge is -2.42. The Kier molecular flexibility index (Phi) is 3.84. The smallest absolute Gasteiger partial charge is 0.113 e. The first-order valence-electron chi connectivity index (χ1n) is 9.73. The van der Waals surface area contributed by atoms with Crippen LogP contribution in [0.5, 0.6) is 0 Å². The molecule has 0 spiro atoms. The zero-order valence-electron chi connectivity index (χ0n) is 16.1. The van der Waals surface area contributed by atoms with Crippen LogP contribution >= 0.6 is 0 Å². The largest absolute Gasteiger partial charge is 0.385 e. The van der Waals surface area contributed by atoms with Crippen LogP contribution in [0.15, 0.2) is 72.8 Å². The molecule has 4 aromatic rings. The summed E-state index contributed by atoms with van der Waals surface area (Å²) < 4.78 is 2.04. The fourth-order valence-corrected chi connectivity index (χ4v) is 4.66. The van der Waals surface area contributed by atoms with Crippen LogP contribution in [0.25, 0.3) is 11.0 Å².